The van der Waals surface area contributed by atoms with E-state index in [-0.39, 0.29) is 17.8 Å². The Morgan fingerprint density at radius 2 is 2.19 bits per heavy atom. The van der Waals surface area contributed by atoms with Crippen LogP contribution in [0.25, 0.3) is 0 Å². The first-order valence-electron chi connectivity index (χ1n) is 7.44. The first-order valence-corrected chi connectivity index (χ1v) is 7.44. The highest BCUT2D eigenvalue weighted by Crippen LogP contribution is 2.16. The van der Waals surface area contributed by atoms with Crippen LogP contribution >= 0.6 is 0 Å². The lowest BCUT2D eigenvalue weighted by Crippen LogP contribution is -2.41. The van der Waals surface area contributed by atoms with Crippen LogP contribution in [0.5, 0.6) is 0 Å². The SMILES string of the molecule is CCCNC(CCN(CC)c1cccc(F)c1)C(=O)OC. The van der Waals surface area contributed by atoms with Gasteiger partial charge in [-0.2, -0.15) is 0 Å². The number of ether oxygens (including phenoxy) is 1. The summed E-state index contributed by atoms with van der Waals surface area (Å²) >= 11 is 0. The van der Waals surface area contributed by atoms with Crippen LogP contribution in [0, 0.1) is 5.82 Å². The van der Waals surface area contributed by atoms with Crippen molar-refractivity contribution in [2.75, 3.05) is 31.6 Å². The molecule has 0 amide bonds. The van der Waals surface area contributed by atoms with Gasteiger partial charge < -0.3 is 15.0 Å². The monoisotopic (exact) mass is 296 g/mol. The second-order valence-corrected chi connectivity index (χ2v) is 4.88. The van der Waals surface area contributed by atoms with Crippen molar-refractivity contribution in [1.82, 2.24) is 5.32 Å². The van der Waals surface area contributed by atoms with E-state index in [1.807, 2.05) is 24.8 Å². The number of hydrogen-bond acceptors (Lipinski definition) is 4. The molecule has 0 aliphatic carbocycles. The number of nitrogens with one attached hydrogen (secondary N) is 1. The number of anilines is 1. The fourth-order valence-corrected chi connectivity index (χ4v) is 2.19. The predicted octanol–water partition coefficient (Wildman–Crippen LogP) is 2.58. The van der Waals surface area contributed by atoms with E-state index in [0.29, 0.717) is 13.0 Å². The van der Waals surface area contributed by atoms with Gasteiger partial charge in [-0.1, -0.05) is 13.0 Å². The standard InChI is InChI=1S/C16H25FN2O2/c1-4-10-18-15(16(20)21-3)9-11-19(5-2)14-8-6-7-13(17)12-14/h6-8,12,15,18H,4-5,9-11H2,1-3H3. The first kappa shape index (κ1) is 17.4. The van der Waals surface area contributed by atoms with Crippen LogP contribution in [0.1, 0.15) is 26.7 Å². The average Bonchev–Trinajstić information content (AvgIpc) is 2.50. The van der Waals surface area contributed by atoms with E-state index in [0.717, 1.165) is 25.2 Å². The van der Waals surface area contributed by atoms with Crippen molar-refractivity contribution in [3.8, 4) is 0 Å². The molecular weight excluding hydrogens is 271 g/mol. The van der Waals surface area contributed by atoms with Gasteiger partial charge in [0.05, 0.1) is 7.11 Å². The summed E-state index contributed by atoms with van der Waals surface area (Å²) < 4.78 is 18.1. The Morgan fingerprint density at radius 3 is 2.76 bits per heavy atom. The molecule has 0 radical (unpaired) electrons. The van der Waals surface area contributed by atoms with Crippen LogP contribution in [0.3, 0.4) is 0 Å². The Labute approximate surface area is 126 Å². The number of nitrogens with zero attached hydrogens (tertiary/aromatic N) is 1. The molecule has 0 heterocycles. The van der Waals surface area contributed by atoms with Crippen molar-refractivity contribution in [2.45, 2.75) is 32.7 Å². The highest BCUT2D eigenvalue weighted by atomic mass is 19.1. The largest absolute Gasteiger partial charge is 0.468 e. The van der Waals surface area contributed by atoms with E-state index < -0.39 is 0 Å². The Hall–Kier alpha value is -1.62. The van der Waals surface area contributed by atoms with E-state index in [2.05, 4.69) is 5.32 Å². The van der Waals surface area contributed by atoms with Crippen LogP contribution in [0.4, 0.5) is 10.1 Å². The molecule has 1 unspecified atom stereocenters. The van der Waals surface area contributed by atoms with Crippen molar-refractivity contribution in [1.29, 1.82) is 0 Å². The Balaban J connectivity index is 2.64. The molecule has 0 saturated carbocycles. The number of carbonyl (C=O) groups is 1. The van der Waals surface area contributed by atoms with Gasteiger partial charge in [-0.15, -0.1) is 0 Å². The average molecular weight is 296 g/mol. The molecule has 5 heteroatoms. The maximum atomic E-state index is 13.3. The summed E-state index contributed by atoms with van der Waals surface area (Å²) in [5.41, 5.74) is 0.830. The minimum atomic E-state index is -0.322. The Kier molecular flexibility index (Phi) is 7.75. The minimum Gasteiger partial charge on any atom is -0.468 e. The lowest BCUT2D eigenvalue weighted by Gasteiger charge is -2.25. The van der Waals surface area contributed by atoms with Crippen molar-refractivity contribution in [3.05, 3.63) is 30.1 Å². The van der Waals surface area contributed by atoms with Crippen molar-refractivity contribution in [3.63, 3.8) is 0 Å². The number of halogens is 1. The highest BCUT2D eigenvalue weighted by molar-refractivity contribution is 5.75. The second kappa shape index (κ2) is 9.34. The molecule has 1 rings (SSSR count). The summed E-state index contributed by atoms with van der Waals surface area (Å²) in [6, 6.07) is 6.19. The topological polar surface area (TPSA) is 41.6 Å². The third-order valence-electron chi connectivity index (χ3n) is 3.37. The highest BCUT2D eigenvalue weighted by Gasteiger charge is 2.19. The fourth-order valence-electron chi connectivity index (χ4n) is 2.19. The van der Waals surface area contributed by atoms with Gasteiger partial charge in [0.1, 0.15) is 11.9 Å². The molecule has 21 heavy (non-hydrogen) atoms. The molecule has 0 saturated heterocycles. The zero-order valence-electron chi connectivity index (χ0n) is 13.1. The maximum absolute atomic E-state index is 13.3. The van der Waals surface area contributed by atoms with Gasteiger partial charge in [0.15, 0.2) is 0 Å². The first-order chi connectivity index (χ1) is 10.1. The fraction of sp³-hybridized carbons (Fsp3) is 0.562. The summed E-state index contributed by atoms with van der Waals surface area (Å²) in [5, 5.41) is 3.19. The summed E-state index contributed by atoms with van der Waals surface area (Å²) in [6.45, 7) is 6.25. The maximum Gasteiger partial charge on any atom is 0.322 e. The summed E-state index contributed by atoms with van der Waals surface area (Å²) in [6.07, 6.45) is 1.58. The molecule has 1 atom stereocenters. The number of hydrogen-bond donors (Lipinski definition) is 1. The number of methoxy groups -OCH3 is 1. The van der Waals surface area contributed by atoms with E-state index in [9.17, 15) is 9.18 Å². The molecule has 1 aromatic carbocycles. The van der Waals surface area contributed by atoms with E-state index in [4.69, 9.17) is 4.74 Å². The van der Waals surface area contributed by atoms with Crippen LogP contribution in [0.15, 0.2) is 24.3 Å². The van der Waals surface area contributed by atoms with Gasteiger partial charge in [0, 0.05) is 18.8 Å². The predicted molar refractivity (Wildman–Crippen MR) is 83.0 cm³/mol. The molecule has 1 aromatic rings. The van der Waals surface area contributed by atoms with Gasteiger partial charge in [-0.3, -0.25) is 4.79 Å². The van der Waals surface area contributed by atoms with Crippen LogP contribution in [-0.2, 0) is 9.53 Å². The minimum absolute atomic E-state index is 0.250. The van der Waals surface area contributed by atoms with Gasteiger partial charge in [-0.05, 0) is 44.5 Å². The van der Waals surface area contributed by atoms with E-state index in [1.165, 1.54) is 19.2 Å². The molecule has 0 aliphatic rings. The summed E-state index contributed by atoms with van der Waals surface area (Å²) in [4.78, 5) is 13.8. The zero-order chi connectivity index (χ0) is 15.7. The number of esters is 1. The smallest absolute Gasteiger partial charge is 0.322 e. The van der Waals surface area contributed by atoms with Gasteiger partial charge in [0.2, 0.25) is 0 Å². The normalized spacial score (nSPS) is 12.0. The molecule has 0 aliphatic heterocycles. The summed E-state index contributed by atoms with van der Waals surface area (Å²) in [7, 11) is 1.40. The second-order valence-electron chi connectivity index (χ2n) is 4.88. The lowest BCUT2D eigenvalue weighted by molar-refractivity contribution is -0.143. The van der Waals surface area contributed by atoms with Crippen LogP contribution in [0.2, 0.25) is 0 Å². The van der Waals surface area contributed by atoms with Gasteiger partial charge >= 0.3 is 5.97 Å². The van der Waals surface area contributed by atoms with Crippen molar-refractivity contribution >= 4 is 11.7 Å². The lowest BCUT2D eigenvalue weighted by atomic mass is 10.1. The van der Waals surface area contributed by atoms with Crippen LogP contribution < -0.4 is 10.2 Å². The quantitative estimate of drug-likeness (QED) is 0.711. The third-order valence-corrected chi connectivity index (χ3v) is 3.37. The molecule has 118 valence electrons. The van der Waals surface area contributed by atoms with Crippen molar-refractivity contribution < 1.29 is 13.9 Å². The van der Waals surface area contributed by atoms with E-state index in [1.54, 1.807) is 6.07 Å². The van der Waals surface area contributed by atoms with Crippen molar-refractivity contribution in [2.24, 2.45) is 0 Å². The van der Waals surface area contributed by atoms with E-state index >= 15 is 0 Å². The molecule has 4 nitrogen and oxygen atoms in total. The molecule has 0 bridgehead atoms. The Bertz CT molecular complexity index is 440. The molecule has 0 spiro atoms. The molecular formula is C16H25FN2O2. The molecule has 1 N–H and O–H groups in total. The number of benzene rings is 1. The zero-order valence-corrected chi connectivity index (χ0v) is 13.1. The van der Waals surface area contributed by atoms with Gasteiger partial charge in [-0.25, -0.2) is 4.39 Å². The Morgan fingerprint density at radius 1 is 1.43 bits per heavy atom. The van der Waals surface area contributed by atoms with Crippen LogP contribution in [-0.4, -0.2) is 38.8 Å². The number of rotatable bonds is 9. The third kappa shape index (κ3) is 5.71. The molecule has 0 fully saturated rings. The number of carbonyl (C=O) groups excluding carboxylic acids is 1. The molecule has 0 aromatic heterocycles. The summed E-state index contributed by atoms with van der Waals surface area (Å²) in [5.74, 6) is -0.502. The van der Waals surface area contributed by atoms with Gasteiger partial charge in [0.25, 0.3) is 0 Å².